The van der Waals surface area contributed by atoms with Crippen molar-refractivity contribution in [3.05, 3.63) is 24.3 Å². The van der Waals surface area contributed by atoms with Crippen LogP contribution in [0.25, 0.3) is 0 Å². The number of hydrogen-bond acceptors (Lipinski definition) is 6. The SMILES string of the molecule is CCN(CC(=O)Nc1ccc(N2CCOCC2)cc1)S(=O)(=O)N1C[C@@H](C)O[C@@H](C)C1. The zero-order chi connectivity index (χ0) is 21.7. The highest BCUT2D eigenvalue weighted by molar-refractivity contribution is 7.86. The van der Waals surface area contributed by atoms with Crippen LogP contribution in [-0.4, -0.2) is 87.6 Å². The number of likely N-dealkylation sites (N-methyl/N-ethyl adjacent to an activating group) is 1. The van der Waals surface area contributed by atoms with Crippen LogP contribution in [0.5, 0.6) is 0 Å². The van der Waals surface area contributed by atoms with Crippen molar-refractivity contribution in [1.29, 1.82) is 0 Å². The minimum Gasteiger partial charge on any atom is -0.378 e. The maximum Gasteiger partial charge on any atom is 0.282 e. The Labute approximate surface area is 179 Å². The van der Waals surface area contributed by atoms with E-state index >= 15 is 0 Å². The third-order valence-electron chi connectivity index (χ3n) is 5.24. The number of ether oxygens (including phenoxy) is 2. The fourth-order valence-corrected chi connectivity index (χ4v) is 5.51. The van der Waals surface area contributed by atoms with Gasteiger partial charge in [-0.25, -0.2) is 0 Å². The summed E-state index contributed by atoms with van der Waals surface area (Å²) >= 11 is 0. The van der Waals surface area contributed by atoms with Crippen molar-refractivity contribution in [3.63, 3.8) is 0 Å². The molecular formula is C20H32N4O5S. The van der Waals surface area contributed by atoms with E-state index in [0.29, 0.717) is 18.9 Å². The number of carbonyl (C=O) groups excluding carboxylic acids is 1. The number of nitrogens with one attached hydrogen (secondary N) is 1. The van der Waals surface area contributed by atoms with E-state index in [1.54, 1.807) is 6.92 Å². The zero-order valence-corrected chi connectivity index (χ0v) is 18.7. The van der Waals surface area contributed by atoms with E-state index in [4.69, 9.17) is 9.47 Å². The minimum absolute atomic E-state index is 0.180. The molecule has 1 aromatic carbocycles. The minimum atomic E-state index is -3.74. The number of benzene rings is 1. The van der Waals surface area contributed by atoms with Crippen LogP contribution in [0.4, 0.5) is 11.4 Å². The Morgan fingerprint density at radius 2 is 1.73 bits per heavy atom. The van der Waals surface area contributed by atoms with Gasteiger partial charge in [0.1, 0.15) is 0 Å². The third-order valence-corrected chi connectivity index (χ3v) is 7.23. The first-order valence-corrected chi connectivity index (χ1v) is 11.8. The third kappa shape index (κ3) is 5.70. The number of hydrogen-bond donors (Lipinski definition) is 1. The van der Waals surface area contributed by atoms with Gasteiger partial charge in [0.25, 0.3) is 10.2 Å². The van der Waals surface area contributed by atoms with Crippen molar-refractivity contribution in [2.45, 2.75) is 33.0 Å². The largest absolute Gasteiger partial charge is 0.378 e. The lowest BCUT2D eigenvalue weighted by atomic mass is 10.2. The lowest BCUT2D eigenvalue weighted by Gasteiger charge is -2.37. The first kappa shape index (κ1) is 23.0. The Bertz CT molecular complexity index is 801. The summed E-state index contributed by atoms with van der Waals surface area (Å²) in [5.41, 5.74) is 1.71. The fraction of sp³-hybridized carbons (Fsp3) is 0.650. The Hall–Kier alpha value is -1.72. The average Bonchev–Trinajstić information content (AvgIpc) is 2.72. The second-order valence-corrected chi connectivity index (χ2v) is 9.63. The van der Waals surface area contributed by atoms with Crippen molar-refractivity contribution < 1.29 is 22.7 Å². The molecule has 3 rings (SSSR count). The van der Waals surface area contributed by atoms with Crippen LogP contribution >= 0.6 is 0 Å². The monoisotopic (exact) mass is 440 g/mol. The van der Waals surface area contributed by atoms with Crippen molar-refractivity contribution in [1.82, 2.24) is 8.61 Å². The predicted molar refractivity (Wildman–Crippen MR) is 116 cm³/mol. The van der Waals surface area contributed by atoms with Gasteiger partial charge in [-0.2, -0.15) is 17.0 Å². The Morgan fingerprint density at radius 1 is 1.13 bits per heavy atom. The van der Waals surface area contributed by atoms with E-state index in [1.807, 2.05) is 38.1 Å². The molecule has 10 heteroatoms. The van der Waals surface area contributed by atoms with Gasteiger partial charge in [-0.05, 0) is 38.1 Å². The summed E-state index contributed by atoms with van der Waals surface area (Å²) in [7, 11) is -3.74. The first-order chi connectivity index (χ1) is 14.3. The van der Waals surface area contributed by atoms with Gasteiger partial charge >= 0.3 is 0 Å². The molecule has 0 aliphatic carbocycles. The van der Waals surface area contributed by atoms with Gasteiger partial charge in [-0.3, -0.25) is 4.79 Å². The van der Waals surface area contributed by atoms with Gasteiger partial charge in [-0.15, -0.1) is 0 Å². The second-order valence-electron chi connectivity index (χ2n) is 7.70. The van der Waals surface area contributed by atoms with Gasteiger partial charge in [0.2, 0.25) is 5.91 Å². The topological polar surface area (TPSA) is 91.4 Å². The maximum absolute atomic E-state index is 13.0. The quantitative estimate of drug-likeness (QED) is 0.684. The number of carbonyl (C=O) groups is 1. The maximum atomic E-state index is 13.0. The molecule has 168 valence electrons. The summed E-state index contributed by atoms with van der Waals surface area (Å²) in [5, 5.41) is 2.80. The summed E-state index contributed by atoms with van der Waals surface area (Å²) in [6.07, 6.45) is -0.359. The molecule has 0 bridgehead atoms. The van der Waals surface area contributed by atoms with E-state index in [1.165, 1.54) is 8.61 Å². The molecule has 2 atom stereocenters. The molecule has 0 saturated carbocycles. The zero-order valence-electron chi connectivity index (χ0n) is 17.9. The van der Waals surface area contributed by atoms with E-state index < -0.39 is 10.2 Å². The van der Waals surface area contributed by atoms with E-state index in [2.05, 4.69) is 10.2 Å². The number of rotatable bonds is 7. The summed E-state index contributed by atoms with van der Waals surface area (Å²) in [6, 6.07) is 7.56. The van der Waals surface area contributed by atoms with Gasteiger partial charge in [0, 0.05) is 44.1 Å². The number of amides is 1. The molecule has 30 heavy (non-hydrogen) atoms. The molecule has 2 saturated heterocycles. The number of morpholine rings is 2. The van der Waals surface area contributed by atoms with Crippen LogP contribution in [-0.2, 0) is 24.5 Å². The molecule has 0 spiro atoms. The van der Waals surface area contributed by atoms with Crippen LogP contribution in [0, 0.1) is 0 Å². The van der Waals surface area contributed by atoms with Gasteiger partial charge in [0.15, 0.2) is 0 Å². The lowest BCUT2D eigenvalue weighted by Crippen LogP contribution is -2.54. The van der Waals surface area contributed by atoms with Gasteiger partial charge in [0.05, 0.1) is 32.0 Å². The normalized spacial score (nSPS) is 23.5. The molecule has 0 unspecified atom stereocenters. The number of nitrogens with zero attached hydrogens (tertiary/aromatic N) is 3. The summed E-state index contributed by atoms with van der Waals surface area (Å²) in [6.45, 7) is 9.08. The van der Waals surface area contributed by atoms with E-state index in [0.717, 1.165) is 18.8 Å². The van der Waals surface area contributed by atoms with Crippen molar-refractivity contribution in [2.24, 2.45) is 0 Å². The van der Waals surface area contributed by atoms with Crippen LogP contribution in [0.2, 0.25) is 0 Å². The summed E-state index contributed by atoms with van der Waals surface area (Å²) < 4.78 is 39.6. The predicted octanol–water partition coefficient (Wildman–Crippen LogP) is 1.14. The summed E-state index contributed by atoms with van der Waals surface area (Å²) in [4.78, 5) is 14.8. The molecular weight excluding hydrogens is 408 g/mol. The highest BCUT2D eigenvalue weighted by atomic mass is 32.2. The summed E-state index contributed by atoms with van der Waals surface area (Å²) in [5.74, 6) is -0.367. The van der Waals surface area contributed by atoms with Gasteiger partial charge in [-0.1, -0.05) is 6.92 Å². The standard InChI is InChI=1S/C20H32N4O5S/c1-4-23(30(26,27)24-13-16(2)29-17(3)14-24)15-20(25)21-18-5-7-19(8-6-18)22-9-11-28-12-10-22/h5-8,16-17H,4,9-15H2,1-3H3,(H,21,25)/t16-,17+. The highest BCUT2D eigenvalue weighted by Crippen LogP contribution is 2.20. The molecule has 9 nitrogen and oxygen atoms in total. The molecule has 2 aliphatic heterocycles. The lowest BCUT2D eigenvalue weighted by molar-refractivity contribution is -0.116. The molecule has 1 amide bonds. The number of anilines is 2. The van der Waals surface area contributed by atoms with Crippen molar-refractivity contribution >= 4 is 27.5 Å². The molecule has 2 fully saturated rings. The molecule has 2 aliphatic rings. The smallest absolute Gasteiger partial charge is 0.282 e. The molecule has 2 heterocycles. The molecule has 1 aromatic rings. The van der Waals surface area contributed by atoms with Gasteiger partial charge < -0.3 is 19.7 Å². The van der Waals surface area contributed by atoms with Crippen molar-refractivity contribution in [2.75, 3.05) is 62.7 Å². The molecule has 1 N–H and O–H groups in total. The van der Waals surface area contributed by atoms with E-state index in [9.17, 15) is 13.2 Å². The molecule has 0 aromatic heterocycles. The van der Waals surface area contributed by atoms with E-state index in [-0.39, 0.29) is 44.3 Å². The van der Waals surface area contributed by atoms with Crippen molar-refractivity contribution in [3.8, 4) is 0 Å². The Morgan fingerprint density at radius 3 is 2.30 bits per heavy atom. The fourth-order valence-electron chi connectivity index (χ4n) is 3.78. The average molecular weight is 441 g/mol. The van der Waals surface area contributed by atoms with Crippen LogP contribution < -0.4 is 10.2 Å². The molecule has 0 radical (unpaired) electrons. The van der Waals surface area contributed by atoms with Crippen LogP contribution in [0.1, 0.15) is 20.8 Å². The Kier molecular flexibility index (Phi) is 7.70. The van der Waals surface area contributed by atoms with Crippen LogP contribution in [0.15, 0.2) is 24.3 Å². The highest BCUT2D eigenvalue weighted by Gasteiger charge is 2.35. The Balaban J connectivity index is 1.59. The first-order valence-electron chi connectivity index (χ1n) is 10.4. The second kappa shape index (κ2) is 10.1. The van der Waals surface area contributed by atoms with Crippen LogP contribution in [0.3, 0.4) is 0 Å².